The number of rotatable bonds is 5. The molecule has 3 rings (SSSR count). The molecule has 1 N–H and O–H groups in total. The second-order valence-corrected chi connectivity index (χ2v) is 5.62. The zero-order chi connectivity index (χ0) is 14.5. The second-order valence-electron chi connectivity index (χ2n) is 4.63. The Balaban J connectivity index is 1.71. The first-order valence-electron chi connectivity index (χ1n) is 6.62. The number of nitrogens with zero attached hydrogens (tertiary/aromatic N) is 3. The summed E-state index contributed by atoms with van der Waals surface area (Å²) in [5.74, 6) is 0. The number of nitrogens with one attached hydrogen (secondary N) is 1. The van der Waals surface area contributed by atoms with E-state index in [-0.39, 0.29) is 0 Å². The van der Waals surface area contributed by atoms with Crippen LogP contribution in [0.5, 0.6) is 0 Å². The van der Waals surface area contributed by atoms with Gasteiger partial charge in [-0.05, 0) is 23.8 Å². The maximum Gasteiger partial charge on any atom is 0.100 e. The van der Waals surface area contributed by atoms with Crippen LogP contribution in [0.3, 0.4) is 0 Å². The minimum absolute atomic E-state index is 0.724. The van der Waals surface area contributed by atoms with E-state index < -0.39 is 0 Å². The molecule has 104 valence electrons. The van der Waals surface area contributed by atoms with Crippen molar-refractivity contribution in [1.29, 1.82) is 5.26 Å². The van der Waals surface area contributed by atoms with Gasteiger partial charge in [-0.1, -0.05) is 18.2 Å². The molecule has 2 aromatic heterocycles. The highest BCUT2D eigenvalue weighted by Gasteiger charge is 2.04. The van der Waals surface area contributed by atoms with Crippen molar-refractivity contribution in [3.63, 3.8) is 0 Å². The van der Waals surface area contributed by atoms with Gasteiger partial charge in [0, 0.05) is 34.9 Å². The van der Waals surface area contributed by atoms with Crippen LogP contribution in [0.2, 0.25) is 0 Å². The molecule has 0 saturated carbocycles. The lowest BCUT2D eigenvalue weighted by atomic mass is 10.1. The van der Waals surface area contributed by atoms with Crippen molar-refractivity contribution < 1.29 is 0 Å². The maximum atomic E-state index is 8.85. The monoisotopic (exact) mass is 294 g/mol. The van der Waals surface area contributed by atoms with Crippen LogP contribution in [0, 0.1) is 11.3 Å². The Morgan fingerprint density at radius 2 is 2.19 bits per heavy atom. The molecule has 0 unspecified atom stereocenters. The van der Waals surface area contributed by atoms with Crippen LogP contribution < -0.4 is 5.32 Å². The molecule has 2 heterocycles. The number of para-hydroxylation sites is 1. The number of aromatic nitrogens is 2. The predicted octanol–water partition coefficient (Wildman–Crippen LogP) is 3.48. The first kappa shape index (κ1) is 13.4. The minimum Gasteiger partial charge on any atom is -0.380 e. The second kappa shape index (κ2) is 6.25. The lowest BCUT2D eigenvalue weighted by Gasteiger charge is -2.11. The van der Waals surface area contributed by atoms with Gasteiger partial charge in [-0.3, -0.25) is 4.68 Å². The molecular weight excluding hydrogens is 280 g/mol. The van der Waals surface area contributed by atoms with Gasteiger partial charge in [-0.15, -0.1) is 11.3 Å². The third-order valence-electron chi connectivity index (χ3n) is 3.14. The summed E-state index contributed by atoms with van der Waals surface area (Å²) in [6.07, 6.45) is 3.74. The van der Waals surface area contributed by atoms with E-state index in [9.17, 15) is 0 Å². The van der Waals surface area contributed by atoms with Gasteiger partial charge in [0.25, 0.3) is 0 Å². The molecular formula is C16H14N4S. The Bertz CT molecular complexity index is 753. The smallest absolute Gasteiger partial charge is 0.100 e. The Morgan fingerprint density at radius 3 is 2.95 bits per heavy atom. The third kappa shape index (κ3) is 3.30. The van der Waals surface area contributed by atoms with E-state index in [1.54, 1.807) is 17.5 Å². The molecule has 0 saturated heterocycles. The summed E-state index contributed by atoms with van der Waals surface area (Å²) < 4.78 is 1.90. The molecule has 0 aliphatic carbocycles. The van der Waals surface area contributed by atoms with Gasteiger partial charge < -0.3 is 5.32 Å². The van der Waals surface area contributed by atoms with Crippen molar-refractivity contribution >= 4 is 17.0 Å². The quantitative estimate of drug-likeness (QED) is 0.784. The fraction of sp³-hybridized carbons (Fsp3) is 0.125. The maximum absolute atomic E-state index is 8.85. The summed E-state index contributed by atoms with van der Waals surface area (Å²) in [5.41, 5.74) is 3.01. The van der Waals surface area contributed by atoms with Crippen LogP contribution in [0.1, 0.15) is 16.0 Å². The lowest BCUT2D eigenvalue weighted by molar-refractivity contribution is 0.687. The normalized spacial score (nSPS) is 10.2. The molecule has 1 aromatic carbocycles. The first-order chi connectivity index (χ1) is 10.3. The molecule has 0 aliphatic rings. The van der Waals surface area contributed by atoms with Gasteiger partial charge in [0.1, 0.15) is 6.07 Å². The van der Waals surface area contributed by atoms with Gasteiger partial charge in [0.15, 0.2) is 0 Å². The standard InChI is InChI=1S/C16H14N4S/c17-9-13-8-15(21-12-13)10-18-16-5-2-1-4-14(16)11-20-7-3-6-19-20/h1-8,12,18H,10-11H2. The van der Waals surface area contributed by atoms with E-state index in [0.29, 0.717) is 0 Å². The minimum atomic E-state index is 0.724. The van der Waals surface area contributed by atoms with E-state index in [1.165, 1.54) is 5.56 Å². The lowest BCUT2D eigenvalue weighted by Crippen LogP contribution is -2.05. The van der Waals surface area contributed by atoms with Gasteiger partial charge in [0.05, 0.1) is 12.1 Å². The zero-order valence-electron chi connectivity index (χ0n) is 11.4. The molecule has 0 bridgehead atoms. The molecule has 21 heavy (non-hydrogen) atoms. The van der Waals surface area contributed by atoms with Crippen LogP contribution in [-0.2, 0) is 13.1 Å². The molecule has 4 nitrogen and oxygen atoms in total. The average molecular weight is 294 g/mol. The highest BCUT2D eigenvalue weighted by atomic mass is 32.1. The highest BCUT2D eigenvalue weighted by molar-refractivity contribution is 7.10. The Morgan fingerprint density at radius 1 is 1.29 bits per heavy atom. The van der Waals surface area contributed by atoms with E-state index >= 15 is 0 Å². The molecule has 5 heteroatoms. The summed E-state index contributed by atoms with van der Waals surface area (Å²) in [7, 11) is 0. The van der Waals surface area contributed by atoms with Crippen molar-refractivity contribution in [2.45, 2.75) is 13.1 Å². The number of hydrogen-bond acceptors (Lipinski definition) is 4. The topological polar surface area (TPSA) is 53.6 Å². The summed E-state index contributed by atoms with van der Waals surface area (Å²) in [6.45, 7) is 1.46. The van der Waals surface area contributed by atoms with E-state index in [1.807, 2.05) is 40.5 Å². The Hall–Kier alpha value is -2.58. The SMILES string of the molecule is N#Cc1csc(CNc2ccccc2Cn2cccn2)c1. The van der Waals surface area contributed by atoms with Gasteiger partial charge in [-0.2, -0.15) is 10.4 Å². The number of anilines is 1. The van der Waals surface area contributed by atoms with Crippen LogP contribution in [-0.4, -0.2) is 9.78 Å². The van der Waals surface area contributed by atoms with E-state index in [4.69, 9.17) is 5.26 Å². The molecule has 0 aliphatic heterocycles. The van der Waals surface area contributed by atoms with Crippen LogP contribution in [0.15, 0.2) is 54.2 Å². The largest absolute Gasteiger partial charge is 0.380 e. The number of benzene rings is 1. The molecule has 0 amide bonds. The summed E-state index contributed by atoms with van der Waals surface area (Å²) in [6, 6.07) is 14.2. The zero-order valence-corrected chi connectivity index (χ0v) is 12.2. The van der Waals surface area contributed by atoms with Gasteiger partial charge >= 0.3 is 0 Å². The molecule has 0 atom stereocenters. The Kier molecular flexibility index (Phi) is 3.99. The molecule has 0 radical (unpaired) electrons. The van der Waals surface area contributed by atoms with Crippen molar-refractivity contribution in [2.24, 2.45) is 0 Å². The number of nitriles is 1. The summed E-state index contributed by atoms with van der Waals surface area (Å²) in [4.78, 5) is 1.15. The fourth-order valence-corrected chi connectivity index (χ4v) is 2.86. The number of thiophene rings is 1. The van der Waals surface area contributed by atoms with Crippen molar-refractivity contribution in [3.8, 4) is 6.07 Å². The van der Waals surface area contributed by atoms with Crippen molar-refractivity contribution in [3.05, 3.63) is 70.2 Å². The molecule has 0 spiro atoms. The Labute approximate surface area is 127 Å². The first-order valence-corrected chi connectivity index (χ1v) is 7.50. The average Bonchev–Trinajstić information content (AvgIpc) is 3.17. The predicted molar refractivity (Wildman–Crippen MR) is 84.1 cm³/mol. The highest BCUT2D eigenvalue weighted by Crippen LogP contribution is 2.19. The summed E-state index contributed by atoms with van der Waals surface area (Å²) in [5, 5.41) is 18.4. The van der Waals surface area contributed by atoms with E-state index in [0.717, 1.165) is 29.2 Å². The molecule has 0 fully saturated rings. The van der Waals surface area contributed by atoms with Crippen molar-refractivity contribution in [2.75, 3.05) is 5.32 Å². The molecule has 3 aromatic rings. The fourth-order valence-electron chi connectivity index (χ4n) is 2.11. The van der Waals surface area contributed by atoms with Crippen LogP contribution in [0.25, 0.3) is 0 Å². The summed E-state index contributed by atoms with van der Waals surface area (Å²) >= 11 is 1.60. The van der Waals surface area contributed by atoms with Gasteiger partial charge in [-0.25, -0.2) is 0 Å². The van der Waals surface area contributed by atoms with E-state index in [2.05, 4.69) is 28.6 Å². The third-order valence-corrected chi connectivity index (χ3v) is 4.08. The van der Waals surface area contributed by atoms with Crippen LogP contribution in [0.4, 0.5) is 5.69 Å². The van der Waals surface area contributed by atoms with Gasteiger partial charge in [0.2, 0.25) is 0 Å². The van der Waals surface area contributed by atoms with Crippen molar-refractivity contribution in [1.82, 2.24) is 9.78 Å². The van der Waals surface area contributed by atoms with Crippen LogP contribution >= 0.6 is 11.3 Å². The number of hydrogen-bond donors (Lipinski definition) is 1.